The number of hydrogen-bond acceptors (Lipinski definition) is 3. The predicted molar refractivity (Wildman–Crippen MR) is 103 cm³/mol. The van der Waals surface area contributed by atoms with Crippen molar-refractivity contribution in [2.75, 3.05) is 6.26 Å². The quantitative estimate of drug-likeness (QED) is 0.632. The number of nitrogens with zero attached hydrogens (tertiary/aromatic N) is 2. The first-order chi connectivity index (χ1) is 11.5. The number of fused-ring (bicyclic) bond motifs is 1. The van der Waals surface area contributed by atoms with E-state index in [0.717, 1.165) is 21.8 Å². The van der Waals surface area contributed by atoms with Crippen LogP contribution < -0.4 is 4.80 Å². The van der Waals surface area contributed by atoms with Gasteiger partial charge in [0.05, 0.1) is 10.2 Å². The van der Waals surface area contributed by atoms with E-state index in [1.807, 2.05) is 30.5 Å². The van der Waals surface area contributed by atoms with Gasteiger partial charge in [-0.2, -0.15) is 4.99 Å². The second-order valence-electron chi connectivity index (χ2n) is 5.68. The zero-order valence-corrected chi connectivity index (χ0v) is 15.9. The molecule has 0 N–H and O–H groups in total. The minimum Gasteiger partial charge on any atom is -0.317 e. The maximum atomic E-state index is 12.6. The molecule has 0 radical (unpaired) electrons. The van der Waals surface area contributed by atoms with Crippen LogP contribution in [-0.2, 0) is 6.54 Å². The number of carbonyl (C=O) groups excluding carboxylic acids is 1. The van der Waals surface area contributed by atoms with E-state index in [-0.39, 0.29) is 5.91 Å². The lowest BCUT2D eigenvalue weighted by atomic mass is 10.1. The molecule has 0 saturated heterocycles. The summed E-state index contributed by atoms with van der Waals surface area (Å²) in [7, 11) is 0. The van der Waals surface area contributed by atoms with Gasteiger partial charge in [0.15, 0.2) is 4.80 Å². The lowest BCUT2D eigenvalue weighted by Gasteiger charge is -2.03. The molecule has 3 aromatic rings. The van der Waals surface area contributed by atoms with Crippen LogP contribution in [0.4, 0.5) is 0 Å². The minimum absolute atomic E-state index is 0.187. The summed E-state index contributed by atoms with van der Waals surface area (Å²) in [6.07, 6.45) is 2.00. The van der Waals surface area contributed by atoms with Gasteiger partial charge in [-0.15, -0.1) is 11.8 Å². The van der Waals surface area contributed by atoms with Crippen molar-refractivity contribution in [1.29, 1.82) is 0 Å². The van der Waals surface area contributed by atoms with Crippen molar-refractivity contribution in [2.24, 2.45) is 4.99 Å². The molecule has 0 spiro atoms. The van der Waals surface area contributed by atoms with E-state index >= 15 is 0 Å². The molecule has 0 unspecified atom stereocenters. The molecule has 0 fully saturated rings. The highest BCUT2D eigenvalue weighted by atomic mass is 32.2. The second kappa shape index (κ2) is 6.95. The van der Waals surface area contributed by atoms with Gasteiger partial charge in [0.25, 0.3) is 5.91 Å². The first kappa shape index (κ1) is 17.0. The van der Waals surface area contributed by atoms with Gasteiger partial charge in [0.2, 0.25) is 0 Å². The van der Waals surface area contributed by atoms with E-state index in [0.29, 0.717) is 5.56 Å². The van der Waals surface area contributed by atoms with Crippen LogP contribution in [0.25, 0.3) is 10.2 Å². The zero-order chi connectivity index (χ0) is 17.3. The van der Waals surface area contributed by atoms with Crippen LogP contribution >= 0.6 is 23.1 Å². The van der Waals surface area contributed by atoms with Crippen molar-refractivity contribution in [3.8, 4) is 0 Å². The topological polar surface area (TPSA) is 34.4 Å². The Balaban J connectivity index is 2.13. The van der Waals surface area contributed by atoms with Gasteiger partial charge in [-0.25, -0.2) is 0 Å². The third kappa shape index (κ3) is 3.19. The Morgan fingerprint density at radius 1 is 1.21 bits per heavy atom. The lowest BCUT2D eigenvalue weighted by molar-refractivity contribution is 0.0997. The Hall–Kier alpha value is -1.85. The molecule has 0 aliphatic carbocycles. The Morgan fingerprint density at radius 2 is 1.96 bits per heavy atom. The molecule has 0 saturated carbocycles. The van der Waals surface area contributed by atoms with Gasteiger partial charge in [-0.3, -0.25) is 4.79 Å². The van der Waals surface area contributed by atoms with Gasteiger partial charge in [0.1, 0.15) is 0 Å². The van der Waals surface area contributed by atoms with Crippen LogP contribution in [0.5, 0.6) is 0 Å². The van der Waals surface area contributed by atoms with Gasteiger partial charge in [-0.1, -0.05) is 17.4 Å². The molecule has 1 amide bonds. The fourth-order valence-corrected chi connectivity index (χ4v) is 4.25. The van der Waals surface area contributed by atoms with Crippen molar-refractivity contribution in [3.63, 3.8) is 0 Å². The number of aryl methyl sites for hydroxylation is 3. The predicted octanol–water partition coefficient (Wildman–Crippen LogP) is 4.80. The lowest BCUT2D eigenvalue weighted by Crippen LogP contribution is -2.16. The summed E-state index contributed by atoms with van der Waals surface area (Å²) < 4.78 is 3.28. The summed E-state index contributed by atoms with van der Waals surface area (Å²) in [5, 5.41) is 0. The average molecular weight is 357 g/mol. The van der Waals surface area contributed by atoms with E-state index < -0.39 is 0 Å². The van der Waals surface area contributed by atoms with Crippen molar-refractivity contribution < 1.29 is 4.79 Å². The normalized spacial score (nSPS) is 12.1. The smallest absolute Gasteiger partial charge is 0.279 e. The molecule has 3 nitrogen and oxygen atoms in total. The Morgan fingerprint density at radius 3 is 2.67 bits per heavy atom. The number of thiazole rings is 1. The van der Waals surface area contributed by atoms with Crippen molar-refractivity contribution in [1.82, 2.24) is 4.57 Å². The van der Waals surface area contributed by atoms with Crippen molar-refractivity contribution in [2.45, 2.75) is 32.2 Å². The third-order valence-electron chi connectivity index (χ3n) is 4.13. The van der Waals surface area contributed by atoms with Gasteiger partial charge in [-0.05, 0) is 68.5 Å². The molecular weight excluding hydrogens is 336 g/mol. The maximum Gasteiger partial charge on any atom is 0.279 e. The van der Waals surface area contributed by atoms with Crippen LogP contribution in [0.15, 0.2) is 46.3 Å². The van der Waals surface area contributed by atoms with Crippen molar-refractivity contribution >= 4 is 39.2 Å². The molecule has 3 rings (SSSR count). The van der Waals surface area contributed by atoms with Crippen LogP contribution in [-0.4, -0.2) is 16.7 Å². The van der Waals surface area contributed by atoms with E-state index in [1.54, 1.807) is 23.1 Å². The van der Waals surface area contributed by atoms with E-state index in [2.05, 4.69) is 42.5 Å². The highest BCUT2D eigenvalue weighted by molar-refractivity contribution is 7.98. The number of hydrogen-bond donors (Lipinski definition) is 0. The summed E-state index contributed by atoms with van der Waals surface area (Å²) in [6.45, 7) is 7.10. The molecule has 5 heteroatoms. The number of benzene rings is 2. The fourth-order valence-electron chi connectivity index (χ4n) is 2.62. The minimum atomic E-state index is -0.187. The summed E-state index contributed by atoms with van der Waals surface area (Å²) >= 11 is 3.20. The largest absolute Gasteiger partial charge is 0.317 e. The molecule has 124 valence electrons. The molecule has 0 aliphatic heterocycles. The van der Waals surface area contributed by atoms with Gasteiger partial charge < -0.3 is 4.57 Å². The number of carbonyl (C=O) groups is 1. The molecule has 1 heterocycles. The van der Waals surface area contributed by atoms with Crippen LogP contribution in [0.1, 0.15) is 28.4 Å². The fraction of sp³-hybridized carbons (Fsp3) is 0.263. The SMILES string of the molecule is CCn1c(=NC(=O)c2cccc(SC)c2)sc2cc(C)c(C)cc21. The second-order valence-corrected chi connectivity index (χ2v) is 7.57. The molecule has 1 aromatic heterocycles. The molecule has 0 aliphatic rings. The Labute approximate surface area is 150 Å². The number of amides is 1. The summed E-state index contributed by atoms with van der Waals surface area (Å²) in [5.41, 5.74) is 4.30. The highest BCUT2D eigenvalue weighted by Crippen LogP contribution is 2.22. The van der Waals surface area contributed by atoms with Crippen LogP contribution in [0.2, 0.25) is 0 Å². The standard InChI is InChI=1S/C19H20N2OS2/c1-5-21-16-9-12(2)13(3)10-17(16)24-19(21)20-18(22)14-7-6-8-15(11-14)23-4/h6-11H,5H2,1-4H3. The number of thioether (sulfide) groups is 1. The van der Waals surface area contributed by atoms with Crippen molar-refractivity contribution in [3.05, 3.63) is 57.9 Å². The first-order valence-electron chi connectivity index (χ1n) is 7.87. The number of aromatic nitrogens is 1. The van der Waals surface area contributed by atoms with E-state index in [9.17, 15) is 4.79 Å². The molecule has 2 aromatic carbocycles. The average Bonchev–Trinajstić information content (AvgIpc) is 2.91. The van der Waals surface area contributed by atoms with Crippen LogP contribution in [0, 0.1) is 13.8 Å². The Bertz CT molecular complexity index is 983. The maximum absolute atomic E-state index is 12.6. The summed E-state index contributed by atoms with van der Waals surface area (Å²) in [5.74, 6) is -0.187. The molecule has 0 atom stereocenters. The van der Waals surface area contributed by atoms with E-state index in [4.69, 9.17) is 0 Å². The van der Waals surface area contributed by atoms with E-state index in [1.165, 1.54) is 15.8 Å². The number of rotatable bonds is 3. The van der Waals surface area contributed by atoms with Crippen LogP contribution in [0.3, 0.4) is 0 Å². The molecule has 24 heavy (non-hydrogen) atoms. The summed E-state index contributed by atoms with van der Waals surface area (Å²) in [6, 6.07) is 12.0. The highest BCUT2D eigenvalue weighted by Gasteiger charge is 2.10. The molecular formula is C19H20N2OS2. The van der Waals surface area contributed by atoms with Gasteiger partial charge >= 0.3 is 0 Å². The monoisotopic (exact) mass is 356 g/mol. The molecule has 0 bridgehead atoms. The third-order valence-corrected chi connectivity index (χ3v) is 5.89. The summed E-state index contributed by atoms with van der Waals surface area (Å²) in [4.78, 5) is 18.8. The first-order valence-corrected chi connectivity index (χ1v) is 9.91. The Kier molecular flexibility index (Phi) is 4.92. The zero-order valence-electron chi connectivity index (χ0n) is 14.3. The van der Waals surface area contributed by atoms with Gasteiger partial charge in [0, 0.05) is 17.0 Å².